The maximum absolute atomic E-state index is 5.54. The van der Waals surface area contributed by atoms with Crippen LogP contribution in [0.25, 0.3) is 0 Å². The molecule has 0 aromatic carbocycles. The first-order valence-electron chi connectivity index (χ1n) is 5.13. The number of aromatic nitrogens is 2. The molecule has 0 saturated carbocycles. The highest BCUT2D eigenvalue weighted by Crippen LogP contribution is 2.46. The van der Waals surface area contributed by atoms with Gasteiger partial charge in [-0.05, 0) is 36.5 Å². The third-order valence-corrected chi connectivity index (χ3v) is 6.06. The van der Waals surface area contributed by atoms with Crippen molar-refractivity contribution in [1.29, 1.82) is 0 Å². The van der Waals surface area contributed by atoms with E-state index < -0.39 is 0 Å². The molecule has 0 amide bonds. The Balaban J connectivity index is 2.47. The lowest BCUT2D eigenvalue weighted by Crippen LogP contribution is -2.22. The summed E-state index contributed by atoms with van der Waals surface area (Å²) in [6, 6.07) is 0. The molecule has 1 heterocycles. The van der Waals surface area contributed by atoms with E-state index in [-0.39, 0.29) is 4.75 Å². The second-order valence-electron chi connectivity index (χ2n) is 5.57. The van der Waals surface area contributed by atoms with Gasteiger partial charge in [0.2, 0.25) is 5.13 Å². The van der Waals surface area contributed by atoms with E-state index >= 15 is 0 Å². The highest BCUT2D eigenvalue weighted by atomic mass is 33.1. The molecule has 1 aromatic heterocycles. The molecular formula is C10H19N3S3. The van der Waals surface area contributed by atoms with Crippen molar-refractivity contribution in [2.24, 2.45) is 5.41 Å². The van der Waals surface area contributed by atoms with E-state index in [4.69, 9.17) is 5.73 Å². The van der Waals surface area contributed by atoms with Crippen LogP contribution in [0.4, 0.5) is 5.13 Å². The van der Waals surface area contributed by atoms with Crippen LogP contribution in [0.15, 0.2) is 4.34 Å². The van der Waals surface area contributed by atoms with Gasteiger partial charge in [-0.15, -0.1) is 10.2 Å². The van der Waals surface area contributed by atoms with Crippen LogP contribution in [0.5, 0.6) is 0 Å². The first-order chi connectivity index (χ1) is 7.18. The van der Waals surface area contributed by atoms with E-state index in [2.05, 4.69) is 44.8 Å². The molecule has 92 valence electrons. The van der Waals surface area contributed by atoms with Crippen LogP contribution in [-0.4, -0.2) is 14.9 Å². The number of nitrogen functional groups attached to an aromatic ring is 1. The molecule has 1 rings (SSSR count). The lowest BCUT2D eigenvalue weighted by atomic mass is 9.86. The average Bonchev–Trinajstić information content (AvgIpc) is 2.44. The number of hydrogen-bond acceptors (Lipinski definition) is 6. The Morgan fingerprint density at radius 2 is 1.81 bits per heavy atom. The summed E-state index contributed by atoms with van der Waals surface area (Å²) in [5.74, 6) is 0. The van der Waals surface area contributed by atoms with Crippen molar-refractivity contribution in [2.75, 3.05) is 5.73 Å². The second-order valence-corrected chi connectivity index (χ2v) is 9.66. The Hall–Kier alpha value is 0.0600. The molecule has 1 aromatic rings. The fourth-order valence-corrected chi connectivity index (χ4v) is 5.09. The van der Waals surface area contributed by atoms with Gasteiger partial charge in [-0.25, -0.2) is 0 Å². The first kappa shape index (κ1) is 14.1. The molecule has 0 aliphatic carbocycles. The number of anilines is 1. The Labute approximate surface area is 109 Å². The maximum atomic E-state index is 5.54. The van der Waals surface area contributed by atoms with E-state index in [0.717, 1.165) is 10.8 Å². The van der Waals surface area contributed by atoms with E-state index in [1.54, 1.807) is 10.8 Å². The van der Waals surface area contributed by atoms with E-state index in [1.807, 2.05) is 10.8 Å². The van der Waals surface area contributed by atoms with Gasteiger partial charge in [0, 0.05) is 4.75 Å². The molecule has 0 radical (unpaired) electrons. The topological polar surface area (TPSA) is 51.8 Å². The summed E-state index contributed by atoms with van der Waals surface area (Å²) in [5.41, 5.74) is 5.89. The van der Waals surface area contributed by atoms with E-state index in [9.17, 15) is 0 Å². The summed E-state index contributed by atoms with van der Waals surface area (Å²) in [4.78, 5) is 0. The van der Waals surface area contributed by atoms with Crippen molar-refractivity contribution in [3.05, 3.63) is 0 Å². The molecule has 0 spiro atoms. The quantitative estimate of drug-likeness (QED) is 0.841. The maximum Gasteiger partial charge on any atom is 0.203 e. The zero-order chi connectivity index (χ0) is 12.4. The van der Waals surface area contributed by atoms with Crippen LogP contribution in [-0.2, 0) is 0 Å². The summed E-state index contributed by atoms with van der Waals surface area (Å²) in [6.07, 6.45) is 1.16. The van der Waals surface area contributed by atoms with Crippen LogP contribution in [0.1, 0.15) is 41.0 Å². The highest BCUT2D eigenvalue weighted by molar-refractivity contribution is 8.77. The van der Waals surface area contributed by atoms with Gasteiger partial charge >= 0.3 is 0 Å². The largest absolute Gasteiger partial charge is 0.374 e. The van der Waals surface area contributed by atoms with Crippen LogP contribution in [0.3, 0.4) is 0 Å². The van der Waals surface area contributed by atoms with E-state index in [1.165, 1.54) is 11.3 Å². The minimum atomic E-state index is 0.226. The summed E-state index contributed by atoms with van der Waals surface area (Å²) in [5, 5.41) is 8.34. The number of hydrogen-bond donors (Lipinski definition) is 1. The minimum Gasteiger partial charge on any atom is -0.374 e. The average molecular weight is 277 g/mol. The van der Waals surface area contributed by atoms with Gasteiger partial charge < -0.3 is 5.73 Å². The van der Waals surface area contributed by atoms with Crippen molar-refractivity contribution in [3.8, 4) is 0 Å². The molecule has 0 bridgehead atoms. The molecule has 0 atom stereocenters. The molecule has 2 N–H and O–H groups in total. The van der Waals surface area contributed by atoms with Gasteiger partial charge in [-0.1, -0.05) is 42.9 Å². The molecule has 6 heteroatoms. The minimum absolute atomic E-state index is 0.226. The zero-order valence-electron chi connectivity index (χ0n) is 10.4. The number of nitrogens with two attached hydrogens (primary N) is 1. The summed E-state index contributed by atoms with van der Waals surface area (Å²) in [7, 11) is 3.51. The molecule has 0 fully saturated rings. The van der Waals surface area contributed by atoms with Gasteiger partial charge in [-0.2, -0.15) is 0 Å². The van der Waals surface area contributed by atoms with Crippen LogP contribution in [0, 0.1) is 5.41 Å². The fraction of sp³-hybridized carbons (Fsp3) is 0.800. The number of nitrogens with zero attached hydrogens (tertiary/aromatic N) is 2. The zero-order valence-corrected chi connectivity index (χ0v) is 12.9. The lowest BCUT2D eigenvalue weighted by molar-refractivity contribution is 0.340. The van der Waals surface area contributed by atoms with Crippen molar-refractivity contribution >= 4 is 38.1 Å². The molecule has 3 nitrogen and oxygen atoms in total. The van der Waals surface area contributed by atoms with Crippen molar-refractivity contribution in [2.45, 2.75) is 50.1 Å². The molecule has 16 heavy (non-hydrogen) atoms. The third kappa shape index (κ3) is 5.41. The Bertz CT molecular complexity index is 341. The summed E-state index contributed by atoms with van der Waals surface area (Å²) < 4.78 is 1.16. The van der Waals surface area contributed by atoms with Crippen LogP contribution >= 0.6 is 32.9 Å². The van der Waals surface area contributed by atoms with Gasteiger partial charge in [-0.3, -0.25) is 0 Å². The van der Waals surface area contributed by atoms with Gasteiger partial charge in [0.05, 0.1) is 0 Å². The van der Waals surface area contributed by atoms with Gasteiger partial charge in [0.25, 0.3) is 0 Å². The fourth-order valence-electron chi connectivity index (χ4n) is 1.71. The standard InChI is InChI=1S/C10H19N3S3/c1-9(2,3)6-10(4,5)16-15-8-13-12-7(11)14-8/h6H2,1-5H3,(H2,11,12). The number of rotatable bonds is 4. The predicted octanol–water partition coefficient (Wildman–Crippen LogP) is 4.08. The van der Waals surface area contributed by atoms with E-state index in [0.29, 0.717) is 10.5 Å². The molecule has 0 unspecified atom stereocenters. The van der Waals surface area contributed by atoms with Crippen molar-refractivity contribution < 1.29 is 0 Å². The third-order valence-electron chi connectivity index (χ3n) is 1.72. The summed E-state index contributed by atoms with van der Waals surface area (Å²) in [6.45, 7) is 11.3. The summed E-state index contributed by atoms with van der Waals surface area (Å²) >= 11 is 1.44. The Morgan fingerprint density at radius 1 is 1.19 bits per heavy atom. The predicted molar refractivity (Wildman–Crippen MR) is 75.9 cm³/mol. The monoisotopic (exact) mass is 277 g/mol. The lowest BCUT2D eigenvalue weighted by Gasteiger charge is -2.30. The Kier molecular flexibility index (Phi) is 4.54. The molecular weight excluding hydrogens is 258 g/mol. The first-order valence-corrected chi connectivity index (χ1v) is 8.09. The molecule has 0 saturated heterocycles. The second kappa shape index (κ2) is 5.14. The molecule has 0 aliphatic heterocycles. The van der Waals surface area contributed by atoms with Crippen molar-refractivity contribution in [3.63, 3.8) is 0 Å². The smallest absolute Gasteiger partial charge is 0.203 e. The van der Waals surface area contributed by atoms with Gasteiger partial charge in [0.15, 0.2) is 4.34 Å². The van der Waals surface area contributed by atoms with Crippen LogP contribution < -0.4 is 5.73 Å². The SMILES string of the molecule is CC(C)(C)CC(C)(C)SSc1nnc(N)s1. The van der Waals surface area contributed by atoms with Crippen molar-refractivity contribution in [1.82, 2.24) is 10.2 Å². The normalized spacial score (nSPS) is 13.1. The molecule has 0 aliphatic rings. The highest BCUT2D eigenvalue weighted by Gasteiger charge is 2.27. The van der Waals surface area contributed by atoms with Crippen LogP contribution in [0.2, 0.25) is 0 Å². The van der Waals surface area contributed by atoms with Gasteiger partial charge in [0.1, 0.15) is 0 Å². The Morgan fingerprint density at radius 3 is 2.25 bits per heavy atom.